The van der Waals surface area contributed by atoms with Crippen LogP contribution in [0.5, 0.6) is 0 Å². The number of sulfone groups is 1. The number of benzene rings is 2. The third kappa shape index (κ3) is 4.86. The Labute approximate surface area is 205 Å². The summed E-state index contributed by atoms with van der Waals surface area (Å²) in [5.74, 6) is 1.36. The van der Waals surface area contributed by atoms with Gasteiger partial charge in [-0.15, -0.1) is 0 Å². The summed E-state index contributed by atoms with van der Waals surface area (Å²) in [4.78, 5) is 19.6. The van der Waals surface area contributed by atoms with Gasteiger partial charge >= 0.3 is 0 Å². The zero-order valence-electron chi connectivity index (χ0n) is 19.2. The average molecular weight is 500 g/mol. The van der Waals surface area contributed by atoms with Crippen LogP contribution in [-0.2, 0) is 27.6 Å². The number of aryl methyl sites for hydroxylation is 1. The second kappa shape index (κ2) is 9.70. The molecule has 0 aliphatic carbocycles. The predicted molar refractivity (Wildman–Crippen MR) is 134 cm³/mol. The summed E-state index contributed by atoms with van der Waals surface area (Å²) in [6.45, 7) is 2.38. The highest BCUT2D eigenvalue weighted by atomic mass is 35.5. The lowest BCUT2D eigenvalue weighted by Crippen LogP contribution is -2.39. The Morgan fingerprint density at radius 3 is 2.59 bits per heavy atom. The van der Waals surface area contributed by atoms with E-state index in [9.17, 15) is 13.2 Å². The lowest BCUT2D eigenvalue weighted by molar-refractivity contribution is -0.131. The third-order valence-corrected chi connectivity index (χ3v) is 9.18. The molecule has 3 aromatic rings. The zero-order chi connectivity index (χ0) is 23.7. The number of fused-ring (bicyclic) bond motifs is 2. The highest BCUT2D eigenvalue weighted by Crippen LogP contribution is 2.31. The molecule has 0 unspecified atom stereocenters. The van der Waals surface area contributed by atoms with Crippen LogP contribution in [0.15, 0.2) is 47.5 Å². The Morgan fingerprint density at radius 2 is 1.76 bits per heavy atom. The summed E-state index contributed by atoms with van der Waals surface area (Å²) in [5.41, 5.74) is 1.31. The summed E-state index contributed by atoms with van der Waals surface area (Å²) in [5, 5.41) is 2.32. The van der Waals surface area contributed by atoms with E-state index in [4.69, 9.17) is 11.6 Å². The summed E-state index contributed by atoms with van der Waals surface area (Å²) in [6, 6.07) is 10.4. The Kier molecular flexibility index (Phi) is 6.67. The van der Waals surface area contributed by atoms with Crippen LogP contribution < -0.4 is 0 Å². The molecule has 8 heteroatoms. The number of imidazole rings is 1. The van der Waals surface area contributed by atoms with Crippen LogP contribution in [0.25, 0.3) is 10.8 Å². The molecule has 1 aromatic heterocycles. The van der Waals surface area contributed by atoms with E-state index >= 15 is 0 Å². The molecule has 2 aliphatic rings. The number of likely N-dealkylation sites (tertiary alicyclic amines) is 1. The van der Waals surface area contributed by atoms with Crippen molar-refractivity contribution in [1.82, 2.24) is 14.5 Å². The molecule has 2 aliphatic heterocycles. The van der Waals surface area contributed by atoms with Crippen LogP contribution in [0.1, 0.15) is 56.0 Å². The smallest absolute Gasteiger partial charge is 0.223 e. The molecule has 0 saturated carbocycles. The summed E-state index contributed by atoms with van der Waals surface area (Å²) in [7, 11) is -3.55. The van der Waals surface area contributed by atoms with Gasteiger partial charge in [0.15, 0.2) is 9.84 Å². The number of carbonyl (C=O) groups is 1. The van der Waals surface area contributed by atoms with Crippen molar-refractivity contribution in [2.24, 2.45) is 0 Å². The first-order valence-corrected chi connectivity index (χ1v) is 14.2. The fourth-order valence-electron chi connectivity index (χ4n) is 5.25. The van der Waals surface area contributed by atoms with Gasteiger partial charge in [-0.25, -0.2) is 13.4 Å². The van der Waals surface area contributed by atoms with Gasteiger partial charge in [0.25, 0.3) is 0 Å². The van der Waals surface area contributed by atoms with Crippen molar-refractivity contribution in [3.8, 4) is 0 Å². The van der Waals surface area contributed by atoms with Crippen LogP contribution in [0.4, 0.5) is 0 Å². The van der Waals surface area contributed by atoms with E-state index in [-0.39, 0.29) is 23.0 Å². The van der Waals surface area contributed by atoms with E-state index in [1.165, 1.54) is 30.8 Å². The second-order valence-corrected chi connectivity index (χ2v) is 12.0. The van der Waals surface area contributed by atoms with Crippen molar-refractivity contribution in [1.29, 1.82) is 0 Å². The number of rotatable bonds is 5. The lowest BCUT2D eigenvalue weighted by Gasteiger charge is -2.32. The van der Waals surface area contributed by atoms with Crippen molar-refractivity contribution in [2.45, 2.75) is 62.3 Å². The molecule has 1 saturated heterocycles. The first-order chi connectivity index (χ1) is 16.4. The minimum atomic E-state index is -3.55. The topological polar surface area (TPSA) is 72.3 Å². The van der Waals surface area contributed by atoms with Crippen molar-refractivity contribution in [3.63, 3.8) is 0 Å². The van der Waals surface area contributed by atoms with Gasteiger partial charge in [0.2, 0.25) is 5.91 Å². The summed E-state index contributed by atoms with van der Waals surface area (Å²) >= 11 is 6.02. The van der Waals surface area contributed by atoms with Gasteiger partial charge in [0.05, 0.1) is 10.6 Å². The van der Waals surface area contributed by atoms with Gasteiger partial charge in [-0.3, -0.25) is 4.79 Å². The number of aromatic nitrogens is 2. The van der Waals surface area contributed by atoms with Crippen LogP contribution in [-0.4, -0.2) is 47.6 Å². The maximum atomic E-state index is 12.9. The molecule has 0 N–H and O–H groups in total. The Bertz CT molecular complexity index is 1310. The van der Waals surface area contributed by atoms with Gasteiger partial charge in [0, 0.05) is 55.3 Å². The van der Waals surface area contributed by atoms with Crippen LogP contribution in [0.3, 0.4) is 0 Å². The van der Waals surface area contributed by atoms with Crippen molar-refractivity contribution >= 4 is 38.1 Å². The maximum absolute atomic E-state index is 12.9. The van der Waals surface area contributed by atoms with Crippen molar-refractivity contribution in [3.05, 3.63) is 59.1 Å². The second-order valence-electron chi connectivity index (χ2n) is 9.44. The number of amides is 1. The molecule has 1 fully saturated rings. The first-order valence-electron chi connectivity index (χ1n) is 12.1. The minimum absolute atomic E-state index is 0.00767. The number of carbonyl (C=O) groups excluding carboxylic acids is 1. The number of piperidine rings is 1. The van der Waals surface area contributed by atoms with Crippen LogP contribution >= 0.6 is 11.6 Å². The van der Waals surface area contributed by atoms with Gasteiger partial charge < -0.3 is 9.47 Å². The molecular formula is C26H30ClN3O3S. The van der Waals surface area contributed by atoms with E-state index in [0.717, 1.165) is 36.6 Å². The fourth-order valence-corrected chi connectivity index (χ4v) is 6.69. The van der Waals surface area contributed by atoms with Crippen LogP contribution in [0, 0.1) is 0 Å². The third-order valence-electron chi connectivity index (χ3n) is 7.23. The number of halogens is 1. The van der Waals surface area contributed by atoms with Crippen molar-refractivity contribution < 1.29 is 13.2 Å². The fraction of sp³-hybridized carbons (Fsp3) is 0.462. The highest BCUT2D eigenvalue weighted by Gasteiger charge is 2.28. The van der Waals surface area contributed by atoms with E-state index in [2.05, 4.69) is 9.55 Å². The van der Waals surface area contributed by atoms with E-state index < -0.39 is 9.84 Å². The molecule has 0 spiro atoms. The Morgan fingerprint density at radius 1 is 1.00 bits per heavy atom. The molecule has 6 nitrogen and oxygen atoms in total. The molecule has 0 atom stereocenters. The monoisotopic (exact) mass is 499 g/mol. The molecule has 180 valence electrons. The van der Waals surface area contributed by atoms with Gasteiger partial charge in [-0.05, 0) is 60.7 Å². The number of hydrogen-bond donors (Lipinski definition) is 0. The molecule has 2 aromatic carbocycles. The largest absolute Gasteiger partial charge is 0.343 e. The predicted octanol–water partition coefficient (Wildman–Crippen LogP) is 4.99. The summed E-state index contributed by atoms with van der Waals surface area (Å²) < 4.78 is 28.2. The van der Waals surface area contributed by atoms with Gasteiger partial charge in [-0.1, -0.05) is 30.2 Å². The molecule has 5 rings (SSSR count). The SMILES string of the molecule is O=C(CCS(=O)(=O)c1ccc2cc(Cl)ccc2c1)N1CCC(c2cnc3n2CCCCC3)CC1. The van der Waals surface area contributed by atoms with E-state index in [1.807, 2.05) is 23.2 Å². The zero-order valence-corrected chi connectivity index (χ0v) is 20.8. The molecule has 3 heterocycles. The molecule has 0 radical (unpaired) electrons. The molecule has 1 amide bonds. The molecule has 34 heavy (non-hydrogen) atoms. The Hall–Kier alpha value is -2.38. The standard InChI is InChI=1S/C26H30ClN3O3S/c27-22-7-5-21-17-23(8-6-20(21)16-22)34(32,33)15-11-26(31)29-13-9-19(10-14-29)24-18-28-25-4-2-1-3-12-30(24)25/h5-8,16-19H,1-4,9-15H2. The van der Waals surface area contributed by atoms with E-state index in [0.29, 0.717) is 24.0 Å². The first kappa shape index (κ1) is 23.4. The number of hydrogen-bond acceptors (Lipinski definition) is 4. The van der Waals surface area contributed by atoms with Crippen molar-refractivity contribution in [2.75, 3.05) is 18.8 Å². The Balaban J connectivity index is 1.18. The highest BCUT2D eigenvalue weighted by molar-refractivity contribution is 7.91. The van der Waals surface area contributed by atoms with Gasteiger partial charge in [0.1, 0.15) is 5.82 Å². The average Bonchev–Trinajstić information content (AvgIpc) is 3.10. The summed E-state index contributed by atoms with van der Waals surface area (Å²) in [6.07, 6.45) is 8.56. The van der Waals surface area contributed by atoms with Crippen LogP contribution in [0.2, 0.25) is 5.02 Å². The van der Waals surface area contributed by atoms with E-state index in [1.54, 1.807) is 24.3 Å². The van der Waals surface area contributed by atoms with Gasteiger partial charge in [-0.2, -0.15) is 0 Å². The molecule has 0 bridgehead atoms. The number of nitrogens with zero attached hydrogens (tertiary/aromatic N) is 3. The maximum Gasteiger partial charge on any atom is 0.223 e. The minimum Gasteiger partial charge on any atom is -0.343 e. The molecular weight excluding hydrogens is 470 g/mol. The lowest BCUT2D eigenvalue weighted by atomic mass is 9.93. The normalized spacial score (nSPS) is 17.5. The quantitative estimate of drug-likeness (QED) is 0.496.